The zero-order valence-electron chi connectivity index (χ0n) is 28.7. The molecule has 11 heteroatoms. The van der Waals surface area contributed by atoms with E-state index in [0.717, 1.165) is 61.9 Å². The summed E-state index contributed by atoms with van der Waals surface area (Å²) in [4.78, 5) is 40.0. The monoisotopic (exact) mass is 672 g/mol. The van der Waals surface area contributed by atoms with E-state index >= 15 is 0 Å². The molecule has 1 aliphatic carbocycles. The van der Waals surface area contributed by atoms with Gasteiger partial charge in [0.2, 0.25) is 0 Å². The first-order valence-corrected chi connectivity index (χ1v) is 17.0. The number of aromatic hydroxyl groups is 1. The van der Waals surface area contributed by atoms with Gasteiger partial charge in [0.1, 0.15) is 36.0 Å². The van der Waals surface area contributed by atoms with Gasteiger partial charge in [0.05, 0.1) is 33.7 Å². The van der Waals surface area contributed by atoms with E-state index in [-0.39, 0.29) is 24.1 Å². The number of phenolic OH excluding ortho intramolecular Hbond substituents is 1. The third-order valence-electron chi connectivity index (χ3n) is 9.57. The van der Waals surface area contributed by atoms with Crippen LogP contribution in [0.15, 0.2) is 66.7 Å². The molecule has 4 N–H and O–H groups in total. The largest absolute Gasteiger partial charge is 0.508 e. The van der Waals surface area contributed by atoms with Crippen molar-refractivity contribution in [2.45, 2.75) is 64.0 Å². The first-order valence-electron chi connectivity index (χ1n) is 17.0. The van der Waals surface area contributed by atoms with E-state index in [0.29, 0.717) is 46.9 Å². The number of methoxy groups -OCH3 is 2. The lowest BCUT2D eigenvalue weighted by atomic mass is 9.89. The van der Waals surface area contributed by atoms with Crippen LogP contribution in [0.25, 0.3) is 0 Å². The summed E-state index contributed by atoms with van der Waals surface area (Å²) >= 11 is 0. The summed E-state index contributed by atoms with van der Waals surface area (Å²) in [5.74, 6) is 0.876. The minimum Gasteiger partial charge on any atom is -0.508 e. The number of nitrogens with two attached hydrogens (primary N) is 1. The number of hydrogen-bond donors (Lipinski definition) is 3. The minimum absolute atomic E-state index is 0.0793. The predicted octanol–water partition coefficient (Wildman–Crippen LogP) is 5.42. The highest BCUT2D eigenvalue weighted by molar-refractivity contribution is 5.94. The number of phenols is 1. The van der Waals surface area contributed by atoms with Crippen LogP contribution in [0.3, 0.4) is 0 Å². The van der Waals surface area contributed by atoms with Crippen molar-refractivity contribution >= 4 is 29.3 Å². The van der Waals surface area contributed by atoms with Crippen LogP contribution in [0, 0.1) is 5.92 Å². The average molecular weight is 673 g/mol. The Balaban J connectivity index is 1.42. The smallest absolute Gasteiger partial charge is 0.496 e. The van der Waals surface area contributed by atoms with Gasteiger partial charge in [0, 0.05) is 24.8 Å². The van der Waals surface area contributed by atoms with E-state index in [1.54, 1.807) is 62.8 Å². The van der Waals surface area contributed by atoms with Crippen molar-refractivity contribution in [1.29, 1.82) is 0 Å². The van der Waals surface area contributed by atoms with Crippen molar-refractivity contribution in [2.75, 3.05) is 39.7 Å². The Labute approximate surface area is 287 Å². The molecule has 0 spiro atoms. The van der Waals surface area contributed by atoms with Crippen molar-refractivity contribution in [3.63, 3.8) is 0 Å². The van der Waals surface area contributed by atoms with Crippen LogP contribution in [-0.4, -0.2) is 78.2 Å². The number of nitrogens with zero attached hydrogens (tertiary/aromatic N) is 2. The second-order valence-corrected chi connectivity index (χ2v) is 13.4. The van der Waals surface area contributed by atoms with Gasteiger partial charge in [-0.05, 0) is 73.0 Å². The maximum Gasteiger partial charge on any atom is 0.496 e. The number of ether oxygens (including phenoxy) is 3. The quantitative estimate of drug-likeness (QED) is 0.107. The van der Waals surface area contributed by atoms with E-state index in [1.165, 1.54) is 4.58 Å². The molecule has 3 amide bonds. The van der Waals surface area contributed by atoms with Crippen LogP contribution in [0.1, 0.15) is 56.1 Å². The molecule has 1 unspecified atom stereocenters. The van der Waals surface area contributed by atoms with Crippen LogP contribution in [0.5, 0.6) is 23.0 Å². The third kappa shape index (κ3) is 9.17. The SMILES string of the molecule is COc1ccc(C[N+]2(C)CCC/C(=[N+](\C(=O)Nc3ccc(OC(=O)C4CCCCC4)cc3)[C@@H](Cc3ccc(O)cc3)C(N)=O)C2)cc1OC. The normalized spacial score (nSPS) is 19.7. The summed E-state index contributed by atoms with van der Waals surface area (Å²) in [6.45, 7) is 2.05. The molecule has 0 radical (unpaired) electrons. The van der Waals surface area contributed by atoms with Crippen molar-refractivity contribution in [3.05, 3.63) is 77.9 Å². The molecule has 1 saturated carbocycles. The van der Waals surface area contributed by atoms with Gasteiger partial charge in [-0.1, -0.05) is 31.4 Å². The fourth-order valence-corrected chi connectivity index (χ4v) is 7.02. The number of rotatable bonds is 11. The summed E-state index contributed by atoms with van der Waals surface area (Å²) in [5.41, 5.74) is 9.12. The van der Waals surface area contributed by atoms with Crippen LogP contribution < -0.4 is 25.3 Å². The minimum atomic E-state index is -0.983. The highest BCUT2D eigenvalue weighted by Gasteiger charge is 2.39. The van der Waals surface area contributed by atoms with Gasteiger partial charge in [-0.3, -0.25) is 9.59 Å². The molecule has 260 valence electrons. The van der Waals surface area contributed by atoms with Gasteiger partial charge in [0.15, 0.2) is 17.5 Å². The van der Waals surface area contributed by atoms with Gasteiger partial charge in [0.25, 0.3) is 5.91 Å². The fourth-order valence-electron chi connectivity index (χ4n) is 7.02. The molecular weight excluding hydrogens is 624 g/mol. The number of hydrogen-bond acceptors (Lipinski definition) is 7. The molecule has 49 heavy (non-hydrogen) atoms. The Kier molecular flexibility index (Phi) is 11.6. The van der Waals surface area contributed by atoms with Crippen LogP contribution in [0.4, 0.5) is 10.5 Å². The van der Waals surface area contributed by atoms with E-state index < -0.39 is 18.0 Å². The average Bonchev–Trinajstić information content (AvgIpc) is 3.09. The predicted molar refractivity (Wildman–Crippen MR) is 186 cm³/mol. The number of piperidine rings is 1. The molecule has 3 aromatic carbocycles. The summed E-state index contributed by atoms with van der Waals surface area (Å²) in [7, 11) is 5.35. The van der Waals surface area contributed by atoms with Crippen LogP contribution >= 0.6 is 0 Å². The van der Waals surface area contributed by atoms with Gasteiger partial charge in [-0.25, -0.2) is 5.32 Å². The van der Waals surface area contributed by atoms with E-state index in [2.05, 4.69) is 12.4 Å². The molecular formula is C38H48N4O7+2. The molecule has 5 rings (SSSR count). The number of likely N-dealkylation sites (tertiary alicyclic amines) is 1. The van der Waals surface area contributed by atoms with Gasteiger partial charge in [-0.2, -0.15) is 9.37 Å². The highest BCUT2D eigenvalue weighted by Crippen LogP contribution is 2.30. The van der Waals surface area contributed by atoms with Crippen molar-refractivity contribution in [2.24, 2.45) is 11.7 Å². The van der Waals surface area contributed by atoms with Gasteiger partial charge in [-0.15, -0.1) is 0 Å². The number of quaternary nitrogens is 1. The summed E-state index contributed by atoms with van der Waals surface area (Å²) in [5, 5.41) is 12.8. The Morgan fingerprint density at radius 3 is 2.24 bits per heavy atom. The van der Waals surface area contributed by atoms with Gasteiger partial charge >= 0.3 is 12.0 Å². The molecule has 2 atom stereocenters. The van der Waals surface area contributed by atoms with Gasteiger partial charge < -0.3 is 29.5 Å². The summed E-state index contributed by atoms with van der Waals surface area (Å²) < 4.78 is 18.7. The Morgan fingerprint density at radius 1 is 0.918 bits per heavy atom. The number of urea groups is 1. The number of anilines is 1. The van der Waals surface area contributed by atoms with Crippen LogP contribution in [-0.2, 0) is 22.6 Å². The van der Waals surface area contributed by atoms with E-state index in [1.807, 2.05) is 18.2 Å². The Morgan fingerprint density at radius 2 is 1.59 bits per heavy atom. The third-order valence-corrected chi connectivity index (χ3v) is 9.57. The molecule has 2 fully saturated rings. The lowest BCUT2D eigenvalue weighted by molar-refractivity contribution is -0.918. The fraction of sp³-hybridized carbons (Fsp3) is 0.421. The molecule has 1 heterocycles. The van der Waals surface area contributed by atoms with E-state index in [9.17, 15) is 19.5 Å². The zero-order chi connectivity index (χ0) is 35.0. The number of amides is 3. The lowest BCUT2D eigenvalue weighted by Gasteiger charge is -2.38. The number of nitrogens with one attached hydrogen (secondary N) is 1. The summed E-state index contributed by atoms with van der Waals surface area (Å²) in [6, 6.07) is 17.6. The second-order valence-electron chi connectivity index (χ2n) is 13.4. The lowest BCUT2D eigenvalue weighted by Crippen LogP contribution is -2.56. The number of esters is 1. The number of carbonyl (C=O) groups is 3. The van der Waals surface area contributed by atoms with E-state index in [4.69, 9.17) is 19.9 Å². The first-order chi connectivity index (χ1) is 23.6. The molecule has 0 aromatic heterocycles. The molecule has 0 bridgehead atoms. The maximum atomic E-state index is 14.2. The molecule has 3 aromatic rings. The molecule has 1 aliphatic heterocycles. The number of carbonyl (C=O) groups excluding carboxylic acids is 3. The highest BCUT2D eigenvalue weighted by atomic mass is 16.5. The maximum absolute atomic E-state index is 14.2. The standard InChI is InChI=1S/C38H46N4O7/c1-42(24-27-13-20-34(47-2)35(23-27)48-3)21-7-10-30(25-42)41(33(36(39)44)22-26-11-16-31(43)17-12-26)38(46)40-29-14-18-32(19-15-29)49-37(45)28-8-5-4-6-9-28/h11-20,23,28,33H,4-10,21-22,24-25H2,1-3H3,(H2-2,39,40,43,44,46)/p+2/b41-30+/t33-,42?/m0/s1. The number of benzene rings is 3. The first kappa shape index (κ1) is 35.4. The number of primary amides is 1. The van der Waals surface area contributed by atoms with Crippen LogP contribution in [0.2, 0.25) is 0 Å². The van der Waals surface area contributed by atoms with Crippen molar-refractivity contribution < 1.29 is 42.8 Å². The Hall–Kier alpha value is -4.90. The summed E-state index contributed by atoms with van der Waals surface area (Å²) in [6.07, 6.45) is 6.49. The second kappa shape index (κ2) is 16.0. The topological polar surface area (TPSA) is 140 Å². The zero-order valence-corrected chi connectivity index (χ0v) is 28.7. The molecule has 2 aliphatic rings. The Bertz CT molecular complexity index is 1670. The molecule has 11 nitrogen and oxygen atoms in total. The molecule has 1 saturated heterocycles. The van der Waals surface area contributed by atoms with Crippen molar-refractivity contribution in [3.8, 4) is 23.0 Å². The van der Waals surface area contributed by atoms with Crippen molar-refractivity contribution in [1.82, 2.24) is 0 Å².